The molecule has 1 heteroatoms. The average Bonchev–Trinajstić information content (AvgIpc) is 2.55. The van der Waals surface area contributed by atoms with Crippen LogP contribution in [0.2, 0.25) is 0 Å². The van der Waals surface area contributed by atoms with E-state index in [0.717, 1.165) is 0 Å². The number of nitrogens with one attached hydrogen (secondary N) is 1. The lowest BCUT2D eigenvalue weighted by Crippen LogP contribution is -2.00. The normalized spacial score (nSPS) is 13.0. The van der Waals surface area contributed by atoms with Crippen molar-refractivity contribution in [2.75, 3.05) is 0 Å². The molecule has 0 radical (unpaired) electrons. The van der Waals surface area contributed by atoms with Gasteiger partial charge in [-0.05, 0) is 42.7 Å². The zero-order chi connectivity index (χ0) is 15.7. The van der Waals surface area contributed by atoms with Gasteiger partial charge in [-0.25, -0.2) is 4.98 Å². The fourth-order valence-electron chi connectivity index (χ4n) is 2.09. The van der Waals surface area contributed by atoms with Gasteiger partial charge >= 0.3 is 0 Å². The SMILES string of the molecule is CCC(C)c1cc[nH+]cc1.CCC(C)c1ccc(C)cc1. The highest BCUT2D eigenvalue weighted by Gasteiger charge is 2.01. The molecular formula is C20H30N+. The lowest BCUT2D eigenvalue weighted by Gasteiger charge is -2.07. The second kappa shape index (κ2) is 9.33. The monoisotopic (exact) mass is 284 g/mol. The van der Waals surface area contributed by atoms with Crippen LogP contribution in [-0.2, 0) is 0 Å². The average molecular weight is 284 g/mol. The van der Waals surface area contributed by atoms with Crippen molar-refractivity contribution in [2.24, 2.45) is 0 Å². The molecule has 0 bridgehead atoms. The van der Waals surface area contributed by atoms with Crippen LogP contribution in [0.5, 0.6) is 0 Å². The third-order valence-corrected chi connectivity index (χ3v) is 4.18. The van der Waals surface area contributed by atoms with E-state index in [4.69, 9.17) is 0 Å². The summed E-state index contributed by atoms with van der Waals surface area (Å²) in [4.78, 5) is 3.01. The number of H-pyrrole nitrogens is 1. The number of aromatic amines is 1. The number of aromatic nitrogens is 1. The summed E-state index contributed by atoms with van der Waals surface area (Å²) in [5.41, 5.74) is 4.22. The molecule has 1 aromatic carbocycles. The molecule has 0 aliphatic heterocycles. The summed E-state index contributed by atoms with van der Waals surface area (Å²) in [5.74, 6) is 1.39. The first kappa shape index (κ1) is 17.4. The number of rotatable bonds is 4. The molecule has 0 aliphatic rings. The first-order valence-electron chi connectivity index (χ1n) is 8.11. The maximum absolute atomic E-state index is 3.01. The van der Waals surface area contributed by atoms with Crippen LogP contribution < -0.4 is 4.98 Å². The third-order valence-electron chi connectivity index (χ3n) is 4.18. The maximum Gasteiger partial charge on any atom is 0.167 e. The number of hydrogen-bond donors (Lipinski definition) is 0. The molecule has 0 fully saturated rings. The third kappa shape index (κ3) is 6.12. The van der Waals surface area contributed by atoms with Gasteiger partial charge in [0, 0.05) is 12.1 Å². The summed E-state index contributed by atoms with van der Waals surface area (Å²) < 4.78 is 0. The molecule has 1 nitrogen and oxygen atoms in total. The minimum absolute atomic E-state index is 0.689. The molecular weight excluding hydrogens is 254 g/mol. The minimum atomic E-state index is 0.689. The molecule has 1 N–H and O–H groups in total. The summed E-state index contributed by atoms with van der Waals surface area (Å²) in [7, 11) is 0. The van der Waals surface area contributed by atoms with E-state index < -0.39 is 0 Å². The molecule has 1 heterocycles. The van der Waals surface area contributed by atoms with E-state index in [9.17, 15) is 0 Å². The van der Waals surface area contributed by atoms with Crippen LogP contribution in [0.3, 0.4) is 0 Å². The molecule has 2 unspecified atom stereocenters. The van der Waals surface area contributed by atoms with E-state index in [1.54, 1.807) is 0 Å². The number of pyridine rings is 1. The lowest BCUT2D eigenvalue weighted by atomic mass is 9.98. The van der Waals surface area contributed by atoms with Gasteiger partial charge in [-0.1, -0.05) is 57.5 Å². The summed E-state index contributed by atoms with van der Waals surface area (Å²) in [6, 6.07) is 13.1. The largest absolute Gasteiger partial charge is 0.218 e. The summed E-state index contributed by atoms with van der Waals surface area (Å²) in [5, 5.41) is 0. The van der Waals surface area contributed by atoms with Gasteiger partial charge in [-0.3, -0.25) is 0 Å². The summed E-state index contributed by atoms with van der Waals surface area (Å²) in [6.07, 6.45) is 6.38. The van der Waals surface area contributed by atoms with Crippen molar-refractivity contribution in [1.29, 1.82) is 0 Å². The van der Waals surface area contributed by atoms with E-state index in [0.29, 0.717) is 11.8 Å². The number of benzene rings is 1. The maximum atomic E-state index is 3.01. The predicted octanol–water partition coefficient (Wildman–Crippen LogP) is 5.52. The molecule has 21 heavy (non-hydrogen) atoms. The lowest BCUT2D eigenvalue weighted by molar-refractivity contribution is -0.378. The Balaban J connectivity index is 0.000000211. The van der Waals surface area contributed by atoms with Crippen molar-refractivity contribution in [3.05, 3.63) is 65.5 Å². The van der Waals surface area contributed by atoms with Crippen molar-refractivity contribution < 1.29 is 4.98 Å². The number of hydrogen-bond acceptors (Lipinski definition) is 0. The Hall–Kier alpha value is -1.63. The Morgan fingerprint density at radius 3 is 1.62 bits per heavy atom. The van der Waals surface area contributed by atoms with Gasteiger partial charge in [-0.15, -0.1) is 0 Å². The summed E-state index contributed by atoms with van der Waals surface area (Å²) in [6.45, 7) is 11.1. The second-order valence-corrected chi connectivity index (χ2v) is 5.86. The molecule has 2 atom stereocenters. The van der Waals surface area contributed by atoms with Gasteiger partial charge in [0.15, 0.2) is 12.4 Å². The molecule has 2 rings (SSSR count). The van der Waals surface area contributed by atoms with Crippen LogP contribution in [0.15, 0.2) is 48.8 Å². The molecule has 0 aliphatic carbocycles. The Morgan fingerprint density at radius 2 is 1.19 bits per heavy atom. The van der Waals surface area contributed by atoms with Crippen molar-refractivity contribution in [3.63, 3.8) is 0 Å². The van der Waals surface area contributed by atoms with E-state index in [2.05, 4.69) is 76.0 Å². The first-order chi connectivity index (χ1) is 10.1. The first-order valence-corrected chi connectivity index (χ1v) is 8.11. The molecule has 2 aromatic rings. The molecule has 0 amide bonds. The highest BCUT2D eigenvalue weighted by molar-refractivity contribution is 5.23. The zero-order valence-electron chi connectivity index (χ0n) is 14.2. The van der Waals surface area contributed by atoms with Gasteiger partial charge in [0.25, 0.3) is 0 Å². The molecule has 1 aromatic heterocycles. The van der Waals surface area contributed by atoms with Crippen LogP contribution in [0.25, 0.3) is 0 Å². The zero-order valence-corrected chi connectivity index (χ0v) is 14.2. The van der Waals surface area contributed by atoms with Gasteiger partial charge in [0.1, 0.15) is 0 Å². The minimum Gasteiger partial charge on any atom is -0.218 e. The second-order valence-electron chi connectivity index (χ2n) is 5.86. The highest BCUT2D eigenvalue weighted by Crippen LogP contribution is 2.18. The highest BCUT2D eigenvalue weighted by atomic mass is 14.6. The van der Waals surface area contributed by atoms with Crippen LogP contribution in [0, 0.1) is 6.92 Å². The standard InChI is InChI=1S/C11H16.C9H13N/c1-4-10(3)11-7-5-9(2)6-8-11;1-3-8(2)9-4-6-10-7-5-9/h5-8,10H,4H2,1-3H3;4-8H,3H2,1-2H3/p+1. The van der Waals surface area contributed by atoms with Crippen molar-refractivity contribution in [3.8, 4) is 0 Å². The molecule has 114 valence electrons. The Morgan fingerprint density at radius 1 is 0.762 bits per heavy atom. The van der Waals surface area contributed by atoms with Crippen LogP contribution in [-0.4, -0.2) is 0 Å². The van der Waals surface area contributed by atoms with Gasteiger partial charge in [0.2, 0.25) is 0 Å². The van der Waals surface area contributed by atoms with Gasteiger partial charge in [0.05, 0.1) is 0 Å². The molecule has 0 saturated heterocycles. The van der Waals surface area contributed by atoms with E-state index in [1.807, 2.05) is 12.4 Å². The smallest absolute Gasteiger partial charge is 0.167 e. The summed E-state index contributed by atoms with van der Waals surface area (Å²) >= 11 is 0. The van der Waals surface area contributed by atoms with Crippen LogP contribution in [0.1, 0.15) is 69.1 Å². The Kier molecular flexibility index (Phi) is 7.74. The predicted molar refractivity (Wildman–Crippen MR) is 91.6 cm³/mol. The quantitative estimate of drug-likeness (QED) is 0.701. The van der Waals surface area contributed by atoms with Crippen molar-refractivity contribution >= 4 is 0 Å². The van der Waals surface area contributed by atoms with E-state index in [-0.39, 0.29) is 0 Å². The van der Waals surface area contributed by atoms with Crippen molar-refractivity contribution in [2.45, 2.75) is 59.3 Å². The van der Waals surface area contributed by atoms with Gasteiger partial charge in [-0.2, -0.15) is 0 Å². The molecule has 0 spiro atoms. The van der Waals surface area contributed by atoms with Gasteiger partial charge < -0.3 is 0 Å². The van der Waals surface area contributed by atoms with E-state index in [1.165, 1.54) is 29.5 Å². The fraction of sp³-hybridized carbons (Fsp3) is 0.450. The Labute approximate surface area is 130 Å². The van der Waals surface area contributed by atoms with Crippen LogP contribution >= 0.6 is 0 Å². The van der Waals surface area contributed by atoms with Crippen LogP contribution in [0.4, 0.5) is 0 Å². The topological polar surface area (TPSA) is 14.1 Å². The fourth-order valence-corrected chi connectivity index (χ4v) is 2.09. The Bertz CT molecular complexity index is 487. The molecule has 0 saturated carbocycles. The number of aryl methyl sites for hydroxylation is 1. The van der Waals surface area contributed by atoms with E-state index >= 15 is 0 Å². The van der Waals surface area contributed by atoms with Crippen molar-refractivity contribution in [1.82, 2.24) is 0 Å².